The van der Waals surface area contributed by atoms with Gasteiger partial charge in [-0.05, 0) is 45.2 Å². The quantitative estimate of drug-likeness (QED) is 0.800. The molecule has 0 bridgehead atoms. The topological polar surface area (TPSA) is 38.1 Å². The van der Waals surface area contributed by atoms with Crippen LogP contribution in [-0.4, -0.2) is 23.8 Å². The third-order valence-electron chi connectivity index (χ3n) is 2.75. The largest absolute Gasteiger partial charge is 0.440 e. The number of aryl methyl sites for hydroxylation is 1. The van der Waals surface area contributed by atoms with Gasteiger partial charge in [0.1, 0.15) is 6.26 Å². The summed E-state index contributed by atoms with van der Waals surface area (Å²) in [7, 11) is 0. The number of aromatic nitrogens is 1. The van der Waals surface area contributed by atoms with Crippen molar-refractivity contribution in [1.82, 2.24) is 10.3 Å². The van der Waals surface area contributed by atoms with E-state index in [9.17, 15) is 0 Å². The highest BCUT2D eigenvalue weighted by atomic mass is 32.2. The van der Waals surface area contributed by atoms with Gasteiger partial charge in [-0.1, -0.05) is 11.8 Å². The van der Waals surface area contributed by atoms with Crippen LogP contribution in [0.5, 0.6) is 0 Å². The highest BCUT2D eigenvalue weighted by Crippen LogP contribution is 2.22. The van der Waals surface area contributed by atoms with Gasteiger partial charge < -0.3 is 9.73 Å². The molecular formula is C11H18N2OS. The van der Waals surface area contributed by atoms with Crippen molar-refractivity contribution in [3.8, 4) is 0 Å². The number of nitrogens with zero attached hydrogens (tertiary/aromatic N) is 1. The van der Waals surface area contributed by atoms with Gasteiger partial charge in [0.25, 0.3) is 5.22 Å². The van der Waals surface area contributed by atoms with E-state index in [-0.39, 0.29) is 0 Å². The Hall–Kier alpha value is -0.480. The Morgan fingerprint density at radius 2 is 2.60 bits per heavy atom. The molecule has 3 nitrogen and oxygen atoms in total. The van der Waals surface area contributed by atoms with Crippen LogP contribution in [0.2, 0.25) is 0 Å². The third-order valence-corrected chi connectivity index (χ3v) is 3.62. The van der Waals surface area contributed by atoms with Gasteiger partial charge in [-0.3, -0.25) is 0 Å². The van der Waals surface area contributed by atoms with Crippen molar-refractivity contribution in [3.63, 3.8) is 0 Å². The van der Waals surface area contributed by atoms with Gasteiger partial charge in [-0.25, -0.2) is 4.98 Å². The fourth-order valence-corrected chi connectivity index (χ4v) is 2.83. The molecule has 1 saturated heterocycles. The first-order valence-corrected chi connectivity index (χ1v) is 6.59. The van der Waals surface area contributed by atoms with Gasteiger partial charge in [0.2, 0.25) is 0 Å². The predicted octanol–water partition coefficient (Wildman–Crippen LogP) is 2.46. The molecule has 1 aromatic rings. The van der Waals surface area contributed by atoms with E-state index in [1.807, 2.05) is 6.92 Å². The summed E-state index contributed by atoms with van der Waals surface area (Å²) in [6, 6.07) is 0. The Morgan fingerprint density at radius 3 is 3.27 bits per heavy atom. The van der Waals surface area contributed by atoms with E-state index >= 15 is 0 Å². The van der Waals surface area contributed by atoms with Gasteiger partial charge in [0.05, 0.1) is 5.69 Å². The Kier molecular flexibility index (Phi) is 4.09. The van der Waals surface area contributed by atoms with Crippen molar-refractivity contribution in [1.29, 1.82) is 0 Å². The predicted molar refractivity (Wildman–Crippen MR) is 62.2 cm³/mol. The van der Waals surface area contributed by atoms with Crippen LogP contribution < -0.4 is 5.32 Å². The first kappa shape index (κ1) is 11.0. The Morgan fingerprint density at radius 1 is 1.67 bits per heavy atom. The molecule has 0 spiro atoms. The summed E-state index contributed by atoms with van der Waals surface area (Å²) in [4.78, 5) is 4.27. The first-order valence-electron chi connectivity index (χ1n) is 5.60. The molecule has 1 unspecified atom stereocenters. The molecule has 4 heteroatoms. The highest BCUT2D eigenvalue weighted by molar-refractivity contribution is 7.99. The fraction of sp³-hybridized carbons (Fsp3) is 0.727. The monoisotopic (exact) mass is 226 g/mol. The van der Waals surface area contributed by atoms with Crippen LogP contribution in [0.1, 0.15) is 25.0 Å². The zero-order valence-electron chi connectivity index (χ0n) is 9.16. The Bertz CT molecular complexity index is 295. The molecule has 84 valence electrons. The maximum atomic E-state index is 5.29. The number of piperidine rings is 1. The lowest BCUT2D eigenvalue weighted by atomic mass is 9.97. The van der Waals surface area contributed by atoms with Crippen molar-refractivity contribution >= 4 is 11.8 Å². The summed E-state index contributed by atoms with van der Waals surface area (Å²) in [5, 5.41) is 4.26. The minimum Gasteiger partial charge on any atom is -0.440 e. The molecule has 0 radical (unpaired) electrons. The molecular weight excluding hydrogens is 208 g/mol. The number of thioether (sulfide) groups is 1. The summed E-state index contributed by atoms with van der Waals surface area (Å²) >= 11 is 1.73. The molecule has 1 fully saturated rings. The summed E-state index contributed by atoms with van der Waals surface area (Å²) < 4.78 is 5.29. The SMILES string of the molecule is Cc1coc(SCCC2CCCNC2)n1. The van der Waals surface area contributed by atoms with Gasteiger partial charge in [0, 0.05) is 5.75 Å². The van der Waals surface area contributed by atoms with Gasteiger partial charge >= 0.3 is 0 Å². The van der Waals surface area contributed by atoms with Gasteiger partial charge in [0.15, 0.2) is 0 Å². The maximum Gasteiger partial charge on any atom is 0.255 e. The second-order valence-electron chi connectivity index (χ2n) is 4.10. The average Bonchev–Trinajstić information content (AvgIpc) is 2.66. The fourth-order valence-electron chi connectivity index (χ4n) is 1.88. The third kappa shape index (κ3) is 3.54. The Balaban J connectivity index is 1.65. The molecule has 15 heavy (non-hydrogen) atoms. The zero-order chi connectivity index (χ0) is 10.5. The molecule has 1 aliphatic rings. The molecule has 2 heterocycles. The summed E-state index contributed by atoms with van der Waals surface area (Å²) in [6.45, 7) is 4.34. The van der Waals surface area contributed by atoms with E-state index in [1.54, 1.807) is 18.0 Å². The number of nitrogens with one attached hydrogen (secondary N) is 1. The van der Waals surface area contributed by atoms with Gasteiger partial charge in [-0.15, -0.1) is 0 Å². The van der Waals surface area contributed by atoms with E-state index in [1.165, 1.54) is 32.4 Å². The standard InChI is InChI=1S/C11H18N2OS/c1-9-8-14-11(13-9)15-6-4-10-3-2-5-12-7-10/h8,10,12H,2-7H2,1H3. The second kappa shape index (κ2) is 5.56. The lowest BCUT2D eigenvalue weighted by Crippen LogP contribution is -2.29. The Labute approximate surface area is 95.0 Å². The van der Waals surface area contributed by atoms with Crippen molar-refractivity contribution in [2.24, 2.45) is 5.92 Å². The number of oxazole rings is 1. The van der Waals surface area contributed by atoms with Crippen molar-refractivity contribution < 1.29 is 4.42 Å². The number of hydrogen-bond acceptors (Lipinski definition) is 4. The van der Waals surface area contributed by atoms with Crippen LogP contribution in [0.25, 0.3) is 0 Å². The lowest BCUT2D eigenvalue weighted by molar-refractivity contribution is 0.370. The summed E-state index contributed by atoms with van der Waals surface area (Å²) in [5.41, 5.74) is 0.969. The minimum absolute atomic E-state index is 0.816. The first-order chi connectivity index (χ1) is 7.34. The van der Waals surface area contributed by atoms with Crippen LogP contribution in [0.4, 0.5) is 0 Å². The second-order valence-corrected chi connectivity index (χ2v) is 5.15. The van der Waals surface area contributed by atoms with Crippen LogP contribution in [0.3, 0.4) is 0 Å². The van der Waals surface area contributed by atoms with Crippen LogP contribution >= 0.6 is 11.8 Å². The number of rotatable bonds is 4. The highest BCUT2D eigenvalue weighted by Gasteiger charge is 2.13. The van der Waals surface area contributed by atoms with E-state index in [4.69, 9.17) is 4.42 Å². The molecule has 1 aromatic heterocycles. The molecule has 1 atom stereocenters. The normalized spacial score (nSPS) is 21.8. The molecule has 1 N–H and O–H groups in total. The van der Waals surface area contributed by atoms with Gasteiger partial charge in [-0.2, -0.15) is 0 Å². The molecule has 0 saturated carbocycles. The minimum atomic E-state index is 0.816. The lowest BCUT2D eigenvalue weighted by Gasteiger charge is -2.21. The van der Waals surface area contributed by atoms with E-state index in [0.717, 1.165) is 22.6 Å². The smallest absolute Gasteiger partial charge is 0.255 e. The zero-order valence-corrected chi connectivity index (χ0v) is 9.98. The summed E-state index contributed by atoms with van der Waals surface area (Å²) in [6.07, 6.45) is 5.68. The molecule has 0 aromatic carbocycles. The molecule has 0 amide bonds. The van der Waals surface area contributed by atoms with E-state index < -0.39 is 0 Å². The summed E-state index contributed by atoms with van der Waals surface area (Å²) in [5.74, 6) is 1.97. The van der Waals surface area contributed by atoms with Crippen molar-refractivity contribution in [2.45, 2.75) is 31.4 Å². The molecule has 1 aliphatic heterocycles. The molecule has 0 aliphatic carbocycles. The van der Waals surface area contributed by atoms with Crippen LogP contribution in [0.15, 0.2) is 15.9 Å². The van der Waals surface area contributed by atoms with Crippen molar-refractivity contribution in [3.05, 3.63) is 12.0 Å². The average molecular weight is 226 g/mol. The maximum absolute atomic E-state index is 5.29. The molecule has 2 rings (SSSR count). The van der Waals surface area contributed by atoms with Crippen molar-refractivity contribution in [2.75, 3.05) is 18.8 Å². The van der Waals surface area contributed by atoms with E-state index in [2.05, 4.69) is 10.3 Å². The van der Waals surface area contributed by atoms with Crippen LogP contribution in [0, 0.1) is 12.8 Å². The number of hydrogen-bond donors (Lipinski definition) is 1. The van der Waals surface area contributed by atoms with E-state index in [0.29, 0.717) is 0 Å². The van der Waals surface area contributed by atoms with Crippen LogP contribution in [-0.2, 0) is 0 Å².